The fourth-order valence-electron chi connectivity index (χ4n) is 5.52. The predicted molar refractivity (Wildman–Crippen MR) is 79.3 cm³/mol. The Labute approximate surface area is 118 Å². The summed E-state index contributed by atoms with van der Waals surface area (Å²) in [5.41, 5.74) is 0. The fourth-order valence-corrected chi connectivity index (χ4v) is 5.52. The maximum atomic E-state index is 2.88. The first-order valence-corrected chi connectivity index (χ1v) is 8.88. The van der Waals surface area contributed by atoms with Gasteiger partial charge in [0.1, 0.15) is 0 Å². The van der Waals surface area contributed by atoms with Gasteiger partial charge in [-0.05, 0) is 83.0 Å². The minimum atomic E-state index is 0.926. The van der Waals surface area contributed by atoms with E-state index in [1.165, 1.54) is 58.3 Å². The van der Waals surface area contributed by atoms with E-state index in [1.807, 2.05) is 0 Å². The molecular weight excluding hydrogens is 232 g/mol. The predicted octanol–water partition coefficient (Wildman–Crippen LogP) is 3.13. The van der Waals surface area contributed by atoms with Gasteiger partial charge in [0.25, 0.3) is 0 Å². The summed E-state index contributed by atoms with van der Waals surface area (Å²) < 4.78 is 0. The molecule has 0 aromatic heterocycles. The largest absolute Gasteiger partial charge is 0.300 e. The van der Waals surface area contributed by atoms with Crippen LogP contribution >= 0.6 is 0 Å². The van der Waals surface area contributed by atoms with Crippen molar-refractivity contribution >= 4 is 0 Å². The lowest BCUT2D eigenvalue weighted by molar-refractivity contribution is 0.0562. The molecule has 19 heavy (non-hydrogen) atoms. The standard InChI is InChI=1S/C17H30N2/c1-2-8-18(9-3-1)16-6-10-19(11-7-16)17-13-14-4-5-15(17)12-14/h14-17H,1-13H2. The van der Waals surface area contributed by atoms with E-state index < -0.39 is 0 Å². The lowest BCUT2D eigenvalue weighted by Gasteiger charge is -2.43. The summed E-state index contributed by atoms with van der Waals surface area (Å²) in [7, 11) is 0. The highest BCUT2D eigenvalue weighted by Crippen LogP contribution is 2.47. The maximum Gasteiger partial charge on any atom is 0.0126 e. The van der Waals surface area contributed by atoms with Crippen LogP contribution < -0.4 is 0 Å². The molecule has 2 saturated heterocycles. The molecule has 4 fully saturated rings. The van der Waals surface area contributed by atoms with Gasteiger partial charge in [-0.1, -0.05) is 12.8 Å². The zero-order valence-corrected chi connectivity index (χ0v) is 12.4. The first-order valence-electron chi connectivity index (χ1n) is 8.88. The van der Waals surface area contributed by atoms with Crippen LogP contribution in [-0.4, -0.2) is 48.1 Å². The number of nitrogens with zero attached hydrogens (tertiary/aromatic N) is 2. The van der Waals surface area contributed by atoms with E-state index in [2.05, 4.69) is 9.80 Å². The SMILES string of the molecule is C1CCN(C2CCN(C3CC4CCC3C4)CC2)CC1. The van der Waals surface area contributed by atoms with Gasteiger partial charge in [0, 0.05) is 12.1 Å². The molecule has 2 bridgehead atoms. The molecular formula is C17H30N2. The highest BCUT2D eigenvalue weighted by atomic mass is 15.2. The Morgan fingerprint density at radius 2 is 1.42 bits per heavy atom. The van der Waals surface area contributed by atoms with E-state index in [1.54, 1.807) is 25.7 Å². The normalized spacial score (nSPS) is 42.0. The van der Waals surface area contributed by atoms with Crippen LogP contribution in [0.2, 0.25) is 0 Å². The summed E-state index contributed by atoms with van der Waals surface area (Å²) in [4.78, 5) is 5.69. The minimum Gasteiger partial charge on any atom is -0.300 e. The third kappa shape index (κ3) is 2.47. The van der Waals surface area contributed by atoms with E-state index in [9.17, 15) is 0 Å². The van der Waals surface area contributed by atoms with Crippen molar-refractivity contribution in [3.8, 4) is 0 Å². The smallest absolute Gasteiger partial charge is 0.0126 e. The Hall–Kier alpha value is -0.0800. The van der Waals surface area contributed by atoms with Gasteiger partial charge in [-0.3, -0.25) is 4.90 Å². The summed E-state index contributed by atoms with van der Waals surface area (Å²) in [5.74, 6) is 2.19. The van der Waals surface area contributed by atoms with Crippen LogP contribution in [0, 0.1) is 11.8 Å². The van der Waals surface area contributed by atoms with Gasteiger partial charge in [-0.25, -0.2) is 0 Å². The lowest BCUT2D eigenvalue weighted by Crippen LogP contribution is -2.50. The number of likely N-dealkylation sites (tertiary alicyclic amines) is 2. The van der Waals surface area contributed by atoms with Gasteiger partial charge in [-0.15, -0.1) is 0 Å². The second-order valence-corrected chi connectivity index (χ2v) is 7.61. The molecule has 2 heterocycles. The number of fused-ring (bicyclic) bond motifs is 2. The second kappa shape index (κ2) is 5.37. The summed E-state index contributed by atoms with van der Waals surface area (Å²) in [6.07, 6.45) is 13.5. The molecule has 4 aliphatic rings. The monoisotopic (exact) mass is 262 g/mol. The van der Waals surface area contributed by atoms with E-state index in [4.69, 9.17) is 0 Å². The van der Waals surface area contributed by atoms with Gasteiger partial charge in [0.15, 0.2) is 0 Å². The average molecular weight is 262 g/mol. The zero-order chi connectivity index (χ0) is 12.7. The molecule has 2 aliphatic carbocycles. The summed E-state index contributed by atoms with van der Waals surface area (Å²) in [6, 6.07) is 1.91. The van der Waals surface area contributed by atoms with Gasteiger partial charge >= 0.3 is 0 Å². The topological polar surface area (TPSA) is 6.48 Å². The van der Waals surface area contributed by atoms with E-state index >= 15 is 0 Å². The average Bonchev–Trinajstić information content (AvgIpc) is 3.11. The summed E-state index contributed by atoms with van der Waals surface area (Å²) in [5, 5.41) is 0. The Kier molecular flexibility index (Phi) is 3.57. The molecule has 2 aliphatic heterocycles. The van der Waals surface area contributed by atoms with E-state index in [0.717, 1.165) is 23.9 Å². The van der Waals surface area contributed by atoms with Crippen molar-refractivity contribution in [1.82, 2.24) is 9.80 Å². The van der Waals surface area contributed by atoms with E-state index in [-0.39, 0.29) is 0 Å². The van der Waals surface area contributed by atoms with Gasteiger partial charge in [-0.2, -0.15) is 0 Å². The van der Waals surface area contributed by atoms with Gasteiger partial charge < -0.3 is 4.90 Å². The Morgan fingerprint density at radius 3 is 2.05 bits per heavy atom. The number of hydrogen-bond donors (Lipinski definition) is 0. The van der Waals surface area contributed by atoms with Crippen molar-refractivity contribution < 1.29 is 0 Å². The molecule has 0 aromatic rings. The first kappa shape index (κ1) is 12.6. The highest BCUT2D eigenvalue weighted by molar-refractivity contribution is 4.97. The van der Waals surface area contributed by atoms with Crippen molar-refractivity contribution in [2.75, 3.05) is 26.2 Å². The van der Waals surface area contributed by atoms with E-state index in [0.29, 0.717) is 0 Å². The molecule has 3 atom stereocenters. The molecule has 0 spiro atoms. The fraction of sp³-hybridized carbons (Fsp3) is 1.00. The van der Waals surface area contributed by atoms with Crippen LogP contribution in [0.5, 0.6) is 0 Å². The molecule has 2 saturated carbocycles. The maximum absolute atomic E-state index is 2.88. The number of hydrogen-bond acceptors (Lipinski definition) is 2. The van der Waals surface area contributed by atoms with Crippen molar-refractivity contribution in [3.63, 3.8) is 0 Å². The van der Waals surface area contributed by atoms with Crippen LogP contribution in [0.4, 0.5) is 0 Å². The molecule has 0 radical (unpaired) electrons. The van der Waals surface area contributed by atoms with Crippen LogP contribution in [0.25, 0.3) is 0 Å². The minimum absolute atomic E-state index is 0.926. The third-order valence-corrected chi connectivity index (χ3v) is 6.58. The molecule has 2 heteroatoms. The van der Waals surface area contributed by atoms with Gasteiger partial charge in [0.2, 0.25) is 0 Å². The molecule has 2 nitrogen and oxygen atoms in total. The molecule has 0 amide bonds. The summed E-state index contributed by atoms with van der Waals surface area (Å²) in [6.45, 7) is 5.57. The molecule has 4 rings (SSSR count). The van der Waals surface area contributed by atoms with Crippen LogP contribution in [0.3, 0.4) is 0 Å². The molecule has 0 N–H and O–H groups in total. The lowest BCUT2D eigenvalue weighted by atomic mass is 9.91. The van der Waals surface area contributed by atoms with Crippen molar-refractivity contribution in [2.45, 2.75) is 69.9 Å². The third-order valence-electron chi connectivity index (χ3n) is 6.58. The Balaban J connectivity index is 1.30. The zero-order valence-electron chi connectivity index (χ0n) is 12.4. The summed E-state index contributed by atoms with van der Waals surface area (Å²) >= 11 is 0. The molecule has 0 aromatic carbocycles. The molecule has 3 unspecified atom stereocenters. The van der Waals surface area contributed by atoms with Crippen LogP contribution in [0.1, 0.15) is 57.8 Å². The quantitative estimate of drug-likeness (QED) is 0.754. The van der Waals surface area contributed by atoms with Crippen LogP contribution in [-0.2, 0) is 0 Å². The first-order chi connectivity index (χ1) is 9.40. The van der Waals surface area contributed by atoms with Gasteiger partial charge in [0.05, 0.1) is 0 Å². The Morgan fingerprint density at radius 1 is 0.632 bits per heavy atom. The number of piperidine rings is 2. The van der Waals surface area contributed by atoms with Crippen molar-refractivity contribution in [2.24, 2.45) is 11.8 Å². The van der Waals surface area contributed by atoms with Crippen molar-refractivity contribution in [1.29, 1.82) is 0 Å². The number of rotatable bonds is 2. The molecule has 108 valence electrons. The highest BCUT2D eigenvalue weighted by Gasteiger charge is 2.43. The van der Waals surface area contributed by atoms with Crippen LogP contribution in [0.15, 0.2) is 0 Å². The Bertz CT molecular complexity index is 302. The van der Waals surface area contributed by atoms with Crippen molar-refractivity contribution in [3.05, 3.63) is 0 Å². The second-order valence-electron chi connectivity index (χ2n) is 7.61.